The maximum absolute atomic E-state index is 2.69. The van der Waals surface area contributed by atoms with Crippen LogP contribution in [0.2, 0.25) is 0 Å². The van der Waals surface area contributed by atoms with Crippen LogP contribution >= 0.6 is 0 Å². The van der Waals surface area contributed by atoms with Gasteiger partial charge in [0, 0.05) is 0 Å². The van der Waals surface area contributed by atoms with Gasteiger partial charge in [-0.2, -0.15) is 0 Å². The summed E-state index contributed by atoms with van der Waals surface area (Å²) in [5.74, 6) is 0. The molecule has 0 aromatic heterocycles. The fraction of sp³-hybridized carbons (Fsp3) is 0.481. The molecule has 0 heterocycles. The Morgan fingerprint density at radius 2 is 0.407 bits per heavy atom. The number of hydrogen-bond donors (Lipinski definition) is 0. The average molecular weight is 717 g/mol. The van der Waals surface area contributed by atoms with E-state index in [1.54, 1.807) is 89.0 Å². The lowest BCUT2D eigenvalue weighted by atomic mass is 9.71. The zero-order valence-electron chi connectivity index (χ0n) is 36.2. The van der Waals surface area contributed by atoms with Crippen LogP contribution in [-0.4, -0.2) is 0 Å². The van der Waals surface area contributed by atoms with Gasteiger partial charge in [-0.15, -0.1) is 0 Å². The van der Waals surface area contributed by atoms with Crippen molar-refractivity contribution in [3.63, 3.8) is 0 Å². The normalized spacial score (nSPS) is 12.8. The molecule has 7 rings (SSSR count). The van der Waals surface area contributed by atoms with Crippen molar-refractivity contribution in [2.45, 2.75) is 173 Å². The van der Waals surface area contributed by atoms with Crippen LogP contribution in [0.4, 0.5) is 0 Å². The molecule has 0 saturated heterocycles. The number of hydrogen-bond acceptors (Lipinski definition) is 0. The molecule has 0 radical (unpaired) electrons. The molecule has 284 valence electrons. The van der Waals surface area contributed by atoms with Crippen LogP contribution in [0.25, 0.3) is 43.1 Å². The molecule has 6 aromatic carbocycles. The second-order valence-corrected chi connectivity index (χ2v) is 16.1. The first-order valence-corrected chi connectivity index (χ1v) is 22.5. The van der Waals surface area contributed by atoms with Crippen LogP contribution in [0.1, 0.15) is 172 Å². The van der Waals surface area contributed by atoms with Gasteiger partial charge in [-0.25, -0.2) is 0 Å². The zero-order valence-corrected chi connectivity index (χ0v) is 36.2. The summed E-state index contributed by atoms with van der Waals surface area (Å²) in [7, 11) is 0. The van der Waals surface area contributed by atoms with Crippen LogP contribution in [0.15, 0.2) is 24.3 Å². The van der Waals surface area contributed by atoms with Crippen molar-refractivity contribution >= 4 is 43.1 Å². The standard InChI is InChI=1S/C54H68/c1-13-31-32(14-2)36(18-6)44-26-48-40(22-10)52-30-54-42(24-12)50-28-46-38(20-8)34(16-4)33(15-3)37(19-7)45(46)27-49(50)41(23-11)53(54)29-51(52)39(21-9)47(48)25-43(44)35(31)17-5/h25-26,29-30H,13-24,27-28H2,1-12H3. The summed E-state index contributed by atoms with van der Waals surface area (Å²) in [5, 5.41) is 12.1. The molecule has 1 aliphatic rings. The highest BCUT2D eigenvalue weighted by atomic mass is 14.3. The average Bonchev–Trinajstić information content (AvgIpc) is 3.20. The largest absolute Gasteiger partial charge is 0.0613 e. The van der Waals surface area contributed by atoms with Crippen molar-refractivity contribution in [2.75, 3.05) is 0 Å². The molecule has 0 heteroatoms. The summed E-state index contributed by atoms with van der Waals surface area (Å²) < 4.78 is 0. The Morgan fingerprint density at radius 1 is 0.222 bits per heavy atom. The minimum atomic E-state index is 1.05. The van der Waals surface area contributed by atoms with Gasteiger partial charge < -0.3 is 0 Å². The maximum atomic E-state index is 2.69. The van der Waals surface area contributed by atoms with Crippen LogP contribution in [0.5, 0.6) is 0 Å². The van der Waals surface area contributed by atoms with E-state index in [1.807, 2.05) is 0 Å². The minimum Gasteiger partial charge on any atom is -0.0613 e. The Labute approximate surface area is 328 Å². The van der Waals surface area contributed by atoms with Gasteiger partial charge in [-0.05, 0) is 246 Å². The van der Waals surface area contributed by atoms with Crippen LogP contribution < -0.4 is 0 Å². The highest BCUT2D eigenvalue weighted by Gasteiger charge is 2.30. The first kappa shape index (κ1) is 38.6. The van der Waals surface area contributed by atoms with Gasteiger partial charge in [0.25, 0.3) is 0 Å². The third-order valence-corrected chi connectivity index (χ3v) is 14.2. The summed E-state index contributed by atoms with van der Waals surface area (Å²) >= 11 is 0. The molecule has 0 amide bonds. The second-order valence-electron chi connectivity index (χ2n) is 16.1. The molecule has 0 aliphatic heterocycles. The molecule has 0 unspecified atom stereocenters. The molecule has 0 atom stereocenters. The van der Waals surface area contributed by atoms with Crippen molar-refractivity contribution in [3.8, 4) is 0 Å². The molecule has 0 fully saturated rings. The Kier molecular flexibility index (Phi) is 11.1. The van der Waals surface area contributed by atoms with Gasteiger partial charge in [0.05, 0.1) is 0 Å². The fourth-order valence-electron chi connectivity index (χ4n) is 12.1. The minimum absolute atomic E-state index is 1.05. The highest BCUT2D eigenvalue weighted by Crippen LogP contribution is 2.46. The number of fused-ring (bicyclic) bond motifs is 6. The van der Waals surface area contributed by atoms with Gasteiger partial charge in [-0.3, -0.25) is 0 Å². The third-order valence-electron chi connectivity index (χ3n) is 14.2. The van der Waals surface area contributed by atoms with E-state index in [-0.39, 0.29) is 0 Å². The topological polar surface area (TPSA) is 0 Å². The summed E-state index contributed by atoms with van der Waals surface area (Å²) in [5.41, 5.74) is 26.1. The number of benzene rings is 6. The van der Waals surface area contributed by atoms with Gasteiger partial charge >= 0.3 is 0 Å². The van der Waals surface area contributed by atoms with Gasteiger partial charge in [0.2, 0.25) is 0 Å². The zero-order chi connectivity index (χ0) is 38.6. The predicted molar refractivity (Wildman–Crippen MR) is 241 cm³/mol. The monoisotopic (exact) mass is 717 g/mol. The molecule has 0 bridgehead atoms. The van der Waals surface area contributed by atoms with E-state index in [2.05, 4.69) is 107 Å². The lowest BCUT2D eigenvalue weighted by Crippen LogP contribution is -2.20. The van der Waals surface area contributed by atoms with E-state index >= 15 is 0 Å². The molecule has 0 spiro atoms. The van der Waals surface area contributed by atoms with Crippen LogP contribution in [-0.2, 0) is 89.9 Å². The SMILES string of the molecule is CCc1c(CC)c(CC)c2c(c1CC)Cc1c(c(CC)c3cc4c(CC)c5cc6c(CC)c(CC)c(CC)c(CC)c6cc5c(CC)c4cc3c1CC)C2. The second kappa shape index (κ2) is 15.5. The highest BCUT2D eigenvalue weighted by molar-refractivity contribution is 6.15. The Hall–Kier alpha value is -3.64. The van der Waals surface area contributed by atoms with E-state index in [0.717, 1.165) is 89.9 Å². The van der Waals surface area contributed by atoms with Gasteiger partial charge in [-0.1, -0.05) is 83.1 Å². The molecule has 1 aliphatic carbocycles. The van der Waals surface area contributed by atoms with Crippen molar-refractivity contribution in [2.24, 2.45) is 0 Å². The van der Waals surface area contributed by atoms with Gasteiger partial charge in [0.1, 0.15) is 0 Å². The predicted octanol–water partition coefficient (Wildman–Crippen LogP) is 14.5. The quantitative estimate of drug-likeness (QED) is 0.110. The fourth-order valence-corrected chi connectivity index (χ4v) is 12.1. The van der Waals surface area contributed by atoms with E-state index in [9.17, 15) is 0 Å². The van der Waals surface area contributed by atoms with E-state index < -0.39 is 0 Å². The Bertz CT molecular complexity index is 2280. The first-order chi connectivity index (χ1) is 26.3. The lowest BCUT2D eigenvalue weighted by Gasteiger charge is -2.33. The molecule has 54 heavy (non-hydrogen) atoms. The van der Waals surface area contributed by atoms with Crippen molar-refractivity contribution in [1.82, 2.24) is 0 Å². The van der Waals surface area contributed by atoms with Crippen LogP contribution in [0, 0.1) is 0 Å². The smallest absolute Gasteiger partial charge is 0.00141 e. The van der Waals surface area contributed by atoms with Crippen molar-refractivity contribution < 1.29 is 0 Å². The Balaban J connectivity index is 1.62. The van der Waals surface area contributed by atoms with E-state index in [1.165, 1.54) is 43.1 Å². The molecule has 0 nitrogen and oxygen atoms in total. The summed E-state index contributed by atoms with van der Waals surface area (Å²) in [4.78, 5) is 0. The molecular formula is C54H68. The van der Waals surface area contributed by atoms with Crippen molar-refractivity contribution in [3.05, 3.63) is 113 Å². The number of rotatable bonds is 12. The number of aryl methyl sites for hydroxylation is 6. The van der Waals surface area contributed by atoms with E-state index in [0.29, 0.717) is 0 Å². The third kappa shape index (κ3) is 5.51. The van der Waals surface area contributed by atoms with Crippen LogP contribution in [0.3, 0.4) is 0 Å². The summed E-state index contributed by atoms with van der Waals surface area (Å²) in [6.07, 6.45) is 15.4. The lowest BCUT2D eigenvalue weighted by molar-refractivity contribution is 0.855. The summed E-state index contributed by atoms with van der Waals surface area (Å²) in [6.45, 7) is 28.7. The van der Waals surface area contributed by atoms with Gasteiger partial charge in [0.15, 0.2) is 0 Å². The maximum Gasteiger partial charge on any atom is -0.00141 e. The molecule has 0 N–H and O–H groups in total. The molecule has 0 saturated carbocycles. The summed E-state index contributed by atoms with van der Waals surface area (Å²) in [6, 6.07) is 10.7. The van der Waals surface area contributed by atoms with Crippen molar-refractivity contribution in [1.29, 1.82) is 0 Å². The molecule has 6 aromatic rings. The Morgan fingerprint density at radius 3 is 0.648 bits per heavy atom. The molecular weight excluding hydrogens is 649 g/mol. The van der Waals surface area contributed by atoms with E-state index in [4.69, 9.17) is 0 Å². The first-order valence-electron chi connectivity index (χ1n) is 22.5.